The number of rotatable bonds is 4. The van der Waals surface area contributed by atoms with Gasteiger partial charge in [0, 0.05) is 6.42 Å². The molecule has 0 saturated heterocycles. The van der Waals surface area contributed by atoms with Crippen LogP contribution in [0.25, 0.3) is 0 Å². The van der Waals surface area contributed by atoms with Crippen LogP contribution in [0.4, 0.5) is 0 Å². The van der Waals surface area contributed by atoms with Crippen molar-refractivity contribution in [2.75, 3.05) is 0 Å². The maximum atomic E-state index is 9.18. The molecule has 0 aromatic carbocycles. The van der Waals surface area contributed by atoms with Crippen molar-refractivity contribution in [3.05, 3.63) is 11.8 Å². The average Bonchev–Trinajstić information content (AvgIpc) is 2.00. The predicted molar refractivity (Wildman–Crippen MR) is 49.7 cm³/mol. The Bertz CT molecular complexity index is 134. The van der Waals surface area contributed by atoms with Crippen molar-refractivity contribution in [2.24, 2.45) is 5.41 Å². The van der Waals surface area contributed by atoms with Gasteiger partial charge < -0.3 is 5.11 Å². The van der Waals surface area contributed by atoms with Crippen molar-refractivity contribution in [1.29, 1.82) is 0 Å². The third-order valence-corrected chi connectivity index (χ3v) is 2.21. The van der Waals surface area contributed by atoms with Crippen LogP contribution in [0.1, 0.15) is 47.0 Å². The van der Waals surface area contributed by atoms with Crippen molar-refractivity contribution in [2.45, 2.75) is 47.0 Å². The van der Waals surface area contributed by atoms with Gasteiger partial charge in [0.2, 0.25) is 0 Å². The largest absolute Gasteiger partial charge is 0.513 e. The molecule has 0 fully saturated rings. The zero-order valence-corrected chi connectivity index (χ0v) is 8.15. The second-order valence-electron chi connectivity index (χ2n) is 3.77. The lowest BCUT2D eigenvalue weighted by Crippen LogP contribution is -2.07. The zero-order valence-electron chi connectivity index (χ0n) is 8.15. The van der Waals surface area contributed by atoms with E-state index in [1.165, 1.54) is 0 Å². The minimum Gasteiger partial charge on any atom is -0.513 e. The summed E-state index contributed by atoms with van der Waals surface area (Å²) in [5, 5.41) is 9.18. The smallest absolute Gasteiger partial charge is 0.0880 e. The van der Waals surface area contributed by atoms with Crippen LogP contribution in [0.5, 0.6) is 0 Å². The molecule has 11 heavy (non-hydrogen) atoms. The van der Waals surface area contributed by atoms with Gasteiger partial charge in [0.05, 0.1) is 5.76 Å². The lowest BCUT2D eigenvalue weighted by molar-refractivity contribution is 0.339. The van der Waals surface area contributed by atoms with E-state index in [4.69, 9.17) is 0 Å². The highest BCUT2D eigenvalue weighted by molar-refractivity contribution is 4.92. The lowest BCUT2D eigenvalue weighted by atomic mass is 9.86. The molecule has 0 spiro atoms. The first-order valence-corrected chi connectivity index (χ1v) is 4.40. The second kappa shape index (κ2) is 4.42. The molecule has 1 N–H and O–H groups in total. The van der Waals surface area contributed by atoms with Gasteiger partial charge in [-0.05, 0) is 17.9 Å². The topological polar surface area (TPSA) is 20.2 Å². The maximum Gasteiger partial charge on any atom is 0.0880 e. The van der Waals surface area contributed by atoms with Gasteiger partial charge in [0.1, 0.15) is 0 Å². The van der Waals surface area contributed by atoms with Crippen molar-refractivity contribution < 1.29 is 5.11 Å². The van der Waals surface area contributed by atoms with Gasteiger partial charge in [-0.25, -0.2) is 0 Å². The van der Waals surface area contributed by atoms with Gasteiger partial charge in [-0.15, -0.1) is 0 Å². The van der Waals surface area contributed by atoms with Crippen molar-refractivity contribution >= 4 is 0 Å². The van der Waals surface area contributed by atoms with Crippen LogP contribution < -0.4 is 0 Å². The minimum absolute atomic E-state index is 0.336. The highest BCUT2D eigenvalue weighted by atomic mass is 16.3. The summed E-state index contributed by atoms with van der Waals surface area (Å²) in [6.45, 7) is 8.57. The molecule has 0 saturated carbocycles. The molecule has 0 rings (SSSR count). The summed E-state index contributed by atoms with van der Waals surface area (Å²) in [7, 11) is 0. The quantitative estimate of drug-likeness (QED) is 0.616. The third kappa shape index (κ3) is 4.88. The molecule has 66 valence electrons. The average molecular weight is 156 g/mol. The van der Waals surface area contributed by atoms with Gasteiger partial charge in [-0.2, -0.15) is 0 Å². The molecular formula is C10H20O. The second-order valence-corrected chi connectivity index (χ2v) is 3.77. The molecule has 0 aliphatic rings. The van der Waals surface area contributed by atoms with Crippen LogP contribution in [0.2, 0.25) is 0 Å². The van der Waals surface area contributed by atoms with E-state index in [1.54, 1.807) is 0 Å². The number of hydrogen-bond donors (Lipinski definition) is 1. The van der Waals surface area contributed by atoms with E-state index in [0.717, 1.165) is 19.3 Å². The van der Waals surface area contributed by atoms with Gasteiger partial charge in [-0.1, -0.05) is 34.1 Å². The first kappa shape index (κ1) is 10.5. The fraction of sp³-hybridized carbons (Fsp3) is 0.800. The van der Waals surface area contributed by atoms with Gasteiger partial charge in [-0.3, -0.25) is 0 Å². The van der Waals surface area contributed by atoms with E-state index in [-0.39, 0.29) is 0 Å². The van der Waals surface area contributed by atoms with Gasteiger partial charge in [0.15, 0.2) is 0 Å². The van der Waals surface area contributed by atoms with Crippen molar-refractivity contribution in [3.8, 4) is 0 Å². The SMILES string of the molecule is CCC(O)=CCC(C)(C)CC. The Hall–Kier alpha value is -0.460. The Kier molecular flexibility index (Phi) is 4.24. The normalized spacial score (nSPS) is 13.6. The Labute approximate surface area is 70.1 Å². The number of aliphatic hydroxyl groups is 1. The molecule has 0 heterocycles. The van der Waals surface area contributed by atoms with Crippen LogP contribution >= 0.6 is 0 Å². The molecule has 0 amide bonds. The van der Waals surface area contributed by atoms with Gasteiger partial charge in [0.25, 0.3) is 0 Å². The number of allylic oxidation sites excluding steroid dienone is 2. The van der Waals surface area contributed by atoms with Crippen molar-refractivity contribution in [1.82, 2.24) is 0 Å². The van der Waals surface area contributed by atoms with E-state index >= 15 is 0 Å². The molecule has 0 atom stereocenters. The Balaban J connectivity index is 3.86. The van der Waals surface area contributed by atoms with Crippen molar-refractivity contribution in [3.63, 3.8) is 0 Å². The highest BCUT2D eigenvalue weighted by Crippen LogP contribution is 2.25. The fourth-order valence-corrected chi connectivity index (χ4v) is 0.683. The molecular weight excluding hydrogens is 136 g/mol. The summed E-state index contributed by atoms with van der Waals surface area (Å²) < 4.78 is 0. The maximum absolute atomic E-state index is 9.18. The molecule has 0 unspecified atom stereocenters. The highest BCUT2D eigenvalue weighted by Gasteiger charge is 2.12. The van der Waals surface area contributed by atoms with Crippen LogP contribution in [0.15, 0.2) is 11.8 Å². The minimum atomic E-state index is 0.336. The standard InChI is InChI=1S/C10H20O/c1-5-9(11)7-8-10(3,4)6-2/h7,11H,5-6,8H2,1-4H3. The summed E-state index contributed by atoms with van der Waals surface area (Å²) in [4.78, 5) is 0. The molecule has 0 radical (unpaired) electrons. The lowest BCUT2D eigenvalue weighted by Gasteiger charge is -2.20. The predicted octanol–water partition coefficient (Wildman–Crippen LogP) is 3.66. The molecule has 1 heteroatoms. The van der Waals surface area contributed by atoms with E-state index in [1.807, 2.05) is 13.0 Å². The summed E-state index contributed by atoms with van der Waals surface area (Å²) in [5.41, 5.74) is 0.336. The number of aliphatic hydroxyl groups excluding tert-OH is 1. The Morgan fingerprint density at radius 3 is 2.27 bits per heavy atom. The molecule has 0 aromatic rings. The van der Waals surface area contributed by atoms with E-state index in [2.05, 4.69) is 20.8 Å². The third-order valence-electron chi connectivity index (χ3n) is 2.21. The number of hydrogen-bond acceptors (Lipinski definition) is 1. The molecule has 0 aliphatic heterocycles. The summed E-state index contributed by atoms with van der Waals surface area (Å²) in [5.74, 6) is 0.520. The monoisotopic (exact) mass is 156 g/mol. The summed E-state index contributed by atoms with van der Waals surface area (Å²) >= 11 is 0. The Morgan fingerprint density at radius 2 is 1.91 bits per heavy atom. The molecule has 0 aromatic heterocycles. The zero-order chi connectivity index (χ0) is 8.91. The Morgan fingerprint density at radius 1 is 1.36 bits per heavy atom. The first-order valence-electron chi connectivity index (χ1n) is 4.40. The fourth-order valence-electron chi connectivity index (χ4n) is 0.683. The van der Waals surface area contributed by atoms with Crippen LogP contribution in [0, 0.1) is 5.41 Å². The molecule has 1 nitrogen and oxygen atoms in total. The summed E-state index contributed by atoms with van der Waals surface area (Å²) in [6, 6.07) is 0. The van der Waals surface area contributed by atoms with E-state index in [9.17, 15) is 5.11 Å². The van der Waals surface area contributed by atoms with E-state index < -0.39 is 0 Å². The van der Waals surface area contributed by atoms with Crippen LogP contribution in [-0.2, 0) is 0 Å². The van der Waals surface area contributed by atoms with Crippen LogP contribution in [-0.4, -0.2) is 5.11 Å². The van der Waals surface area contributed by atoms with E-state index in [0.29, 0.717) is 11.2 Å². The molecule has 0 aliphatic carbocycles. The molecule has 0 bridgehead atoms. The van der Waals surface area contributed by atoms with Crippen LogP contribution in [0.3, 0.4) is 0 Å². The van der Waals surface area contributed by atoms with Gasteiger partial charge >= 0.3 is 0 Å². The summed E-state index contributed by atoms with van der Waals surface area (Å²) in [6.07, 6.45) is 4.81. The first-order chi connectivity index (χ1) is 5.02.